The summed E-state index contributed by atoms with van der Waals surface area (Å²) >= 11 is 0. The van der Waals surface area contributed by atoms with Gasteiger partial charge in [-0.1, -0.05) is 18.2 Å². The van der Waals surface area contributed by atoms with Gasteiger partial charge in [0.1, 0.15) is 17.9 Å². The van der Waals surface area contributed by atoms with E-state index in [1.807, 2.05) is 30.3 Å². The number of ether oxygens (including phenoxy) is 1. The first-order valence-electron chi connectivity index (χ1n) is 7.40. The highest BCUT2D eigenvalue weighted by Gasteiger charge is 2.10. The third-order valence-corrected chi connectivity index (χ3v) is 3.40. The van der Waals surface area contributed by atoms with Crippen molar-refractivity contribution < 1.29 is 9.53 Å². The maximum Gasteiger partial charge on any atom is 0.230 e. The standard InChI is InChI=1S/C18H16N4O2/c1-24-16-7-3-2-6-14(16)15-10-17(21-12-20-15)22-18(23)9-13-5-4-8-19-11-13/h2-8,10-12H,9H2,1H3,(H,20,21,22,23). The number of nitrogens with zero attached hydrogens (tertiary/aromatic N) is 3. The van der Waals surface area contributed by atoms with Crippen LogP contribution in [-0.4, -0.2) is 28.0 Å². The third-order valence-electron chi connectivity index (χ3n) is 3.40. The Morgan fingerprint density at radius 2 is 2.04 bits per heavy atom. The molecule has 24 heavy (non-hydrogen) atoms. The van der Waals surface area contributed by atoms with Crippen LogP contribution >= 0.6 is 0 Å². The molecule has 6 nitrogen and oxygen atoms in total. The molecule has 0 atom stereocenters. The smallest absolute Gasteiger partial charge is 0.230 e. The summed E-state index contributed by atoms with van der Waals surface area (Å²) in [7, 11) is 1.61. The number of para-hydroxylation sites is 1. The number of benzene rings is 1. The second kappa shape index (κ2) is 7.32. The van der Waals surface area contributed by atoms with Gasteiger partial charge in [-0.3, -0.25) is 9.78 Å². The summed E-state index contributed by atoms with van der Waals surface area (Å²) in [5.74, 6) is 0.997. The monoisotopic (exact) mass is 320 g/mol. The first-order valence-corrected chi connectivity index (χ1v) is 7.40. The van der Waals surface area contributed by atoms with Gasteiger partial charge in [-0.25, -0.2) is 9.97 Å². The second-order valence-corrected chi connectivity index (χ2v) is 5.07. The van der Waals surface area contributed by atoms with Crippen LogP contribution in [-0.2, 0) is 11.2 Å². The van der Waals surface area contributed by atoms with Crippen molar-refractivity contribution in [3.8, 4) is 17.0 Å². The quantitative estimate of drug-likeness (QED) is 0.782. The minimum absolute atomic E-state index is 0.160. The summed E-state index contributed by atoms with van der Waals surface area (Å²) < 4.78 is 5.35. The summed E-state index contributed by atoms with van der Waals surface area (Å²) in [5, 5.41) is 2.78. The van der Waals surface area contributed by atoms with Crippen LogP contribution in [0, 0.1) is 0 Å². The van der Waals surface area contributed by atoms with E-state index in [0.29, 0.717) is 17.3 Å². The fraction of sp³-hybridized carbons (Fsp3) is 0.111. The average Bonchev–Trinajstić information content (AvgIpc) is 2.62. The Hall–Kier alpha value is -3.28. The molecule has 0 radical (unpaired) electrons. The zero-order chi connectivity index (χ0) is 16.8. The Balaban J connectivity index is 1.77. The molecule has 0 fully saturated rings. The maximum atomic E-state index is 12.1. The number of aromatic nitrogens is 3. The molecule has 0 unspecified atom stereocenters. The van der Waals surface area contributed by atoms with Gasteiger partial charge in [0.2, 0.25) is 5.91 Å². The molecule has 0 aliphatic rings. The van der Waals surface area contributed by atoms with E-state index in [0.717, 1.165) is 11.1 Å². The van der Waals surface area contributed by atoms with E-state index in [1.54, 1.807) is 31.6 Å². The molecule has 0 saturated heterocycles. The molecule has 120 valence electrons. The van der Waals surface area contributed by atoms with Gasteiger partial charge in [-0.15, -0.1) is 0 Å². The van der Waals surface area contributed by atoms with E-state index >= 15 is 0 Å². The number of pyridine rings is 1. The number of anilines is 1. The Bertz CT molecular complexity index is 837. The van der Waals surface area contributed by atoms with Crippen molar-refractivity contribution >= 4 is 11.7 Å². The molecule has 0 aliphatic carbocycles. The molecule has 0 aliphatic heterocycles. The van der Waals surface area contributed by atoms with Crippen LogP contribution in [0.15, 0.2) is 61.2 Å². The highest BCUT2D eigenvalue weighted by atomic mass is 16.5. The molecular formula is C18H16N4O2. The normalized spacial score (nSPS) is 10.2. The van der Waals surface area contributed by atoms with Crippen molar-refractivity contribution in [3.63, 3.8) is 0 Å². The number of carbonyl (C=O) groups is 1. The van der Waals surface area contributed by atoms with Gasteiger partial charge in [0.25, 0.3) is 0 Å². The predicted octanol–water partition coefficient (Wildman–Crippen LogP) is 2.73. The molecule has 3 aromatic rings. The van der Waals surface area contributed by atoms with Crippen LogP contribution in [0.2, 0.25) is 0 Å². The van der Waals surface area contributed by atoms with E-state index < -0.39 is 0 Å². The van der Waals surface area contributed by atoms with Gasteiger partial charge >= 0.3 is 0 Å². The third kappa shape index (κ3) is 3.73. The predicted molar refractivity (Wildman–Crippen MR) is 90.6 cm³/mol. The Morgan fingerprint density at radius 1 is 1.17 bits per heavy atom. The molecular weight excluding hydrogens is 304 g/mol. The lowest BCUT2D eigenvalue weighted by Crippen LogP contribution is -2.15. The van der Waals surface area contributed by atoms with E-state index in [2.05, 4.69) is 20.3 Å². The summed E-state index contributed by atoms with van der Waals surface area (Å²) in [6.07, 6.45) is 4.99. The number of methoxy groups -OCH3 is 1. The maximum absolute atomic E-state index is 12.1. The van der Waals surface area contributed by atoms with Gasteiger partial charge in [0.05, 0.1) is 19.2 Å². The number of carbonyl (C=O) groups excluding carboxylic acids is 1. The van der Waals surface area contributed by atoms with E-state index in [9.17, 15) is 4.79 Å². The molecule has 6 heteroatoms. The largest absolute Gasteiger partial charge is 0.496 e. The van der Waals surface area contributed by atoms with Gasteiger partial charge < -0.3 is 10.1 Å². The lowest BCUT2D eigenvalue weighted by molar-refractivity contribution is -0.115. The molecule has 2 heterocycles. The summed E-state index contributed by atoms with van der Waals surface area (Å²) in [5.41, 5.74) is 2.36. The van der Waals surface area contributed by atoms with Crippen molar-refractivity contribution in [2.24, 2.45) is 0 Å². The van der Waals surface area contributed by atoms with Crippen LogP contribution in [0.1, 0.15) is 5.56 Å². The van der Waals surface area contributed by atoms with E-state index in [4.69, 9.17) is 4.74 Å². The summed E-state index contributed by atoms with van der Waals surface area (Å²) in [4.78, 5) is 24.5. The number of amides is 1. The van der Waals surface area contributed by atoms with Crippen molar-refractivity contribution in [1.82, 2.24) is 15.0 Å². The Morgan fingerprint density at radius 3 is 2.83 bits per heavy atom. The fourth-order valence-electron chi connectivity index (χ4n) is 2.30. The second-order valence-electron chi connectivity index (χ2n) is 5.07. The molecule has 3 rings (SSSR count). The first-order chi connectivity index (χ1) is 11.8. The minimum Gasteiger partial charge on any atom is -0.496 e. The number of hydrogen-bond donors (Lipinski definition) is 1. The molecule has 0 spiro atoms. The average molecular weight is 320 g/mol. The number of nitrogens with one attached hydrogen (secondary N) is 1. The topological polar surface area (TPSA) is 77.0 Å². The lowest BCUT2D eigenvalue weighted by atomic mass is 10.1. The van der Waals surface area contributed by atoms with Gasteiger partial charge in [0.15, 0.2) is 0 Å². The Labute approximate surface area is 139 Å². The molecule has 0 bridgehead atoms. The van der Waals surface area contributed by atoms with Crippen molar-refractivity contribution in [2.45, 2.75) is 6.42 Å². The minimum atomic E-state index is -0.160. The molecule has 2 aromatic heterocycles. The van der Waals surface area contributed by atoms with Crippen molar-refractivity contribution in [2.75, 3.05) is 12.4 Å². The van der Waals surface area contributed by atoms with Crippen LogP contribution in [0.25, 0.3) is 11.3 Å². The molecule has 1 N–H and O–H groups in total. The van der Waals surface area contributed by atoms with Crippen molar-refractivity contribution in [3.05, 3.63) is 66.7 Å². The first kappa shape index (κ1) is 15.6. The van der Waals surface area contributed by atoms with E-state index in [-0.39, 0.29) is 12.3 Å². The van der Waals surface area contributed by atoms with Gasteiger partial charge in [-0.05, 0) is 23.8 Å². The highest BCUT2D eigenvalue weighted by molar-refractivity contribution is 5.91. The SMILES string of the molecule is COc1ccccc1-c1cc(NC(=O)Cc2cccnc2)ncn1. The number of rotatable bonds is 5. The lowest BCUT2D eigenvalue weighted by Gasteiger charge is -2.09. The van der Waals surface area contributed by atoms with Crippen molar-refractivity contribution in [1.29, 1.82) is 0 Å². The summed E-state index contributed by atoms with van der Waals surface area (Å²) in [6.45, 7) is 0. The summed E-state index contributed by atoms with van der Waals surface area (Å²) in [6, 6.07) is 12.9. The van der Waals surface area contributed by atoms with Crippen LogP contribution in [0.3, 0.4) is 0 Å². The van der Waals surface area contributed by atoms with Gasteiger partial charge in [0, 0.05) is 24.0 Å². The molecule has 0 saturated carbocycles. The zero-order valence-electron chi connectivity index (χ0n) is 13.1. The zero-order valence-corrected chi connectivity index (χ0v) is 13.1. The van der Waals surface area contributed by atoms with Gasteiger partial charge in [-0.2, -0.15) is 0 Å². The number of hydrogen-bond acceptors (Lipinski definition) is 5. The fourth-order valence-corrected chi connectivity index (χ4v) is 2.30. The van der Waals surface area contributed by atoms with Crippen LogP contribution in [0.4, 0.5) is 5.82 Å². The van der Waals surface area contributed by atoms with E-state index in [1.165, 1.54) is 6.33 Å². The van der Waals surface area contributed by atoms with Crippen LogP contribution < -0.4 is 10.1 Å². The molecule has 1 amide bonds. The Kier molecular flexibility index (Phi) is 4.76. The van der Waals surface area contributed by atoms with Crippen LogP contribution in [0.5, 0.6) is 5.75 Å². The molecule has 1 aromatic carbocycles. The highest BCUT2D eigenvalue weighted by Crippen LogP contribution is 2.28.